The maximum atomic E-state index is 12.8. The standard InChI is InChI=1S/C18H21N3O2/c1-20-9-15(19-12-20)18(22)21-10-16(13-5-3-2-4-6-13)23-17(11-21)14-7-8-14/h2-6,9,12,14,16-17H,7-8,10-11H2,1H3/t16-,17+/m0/s1. The number of hydrogen-bond donors (Lipinski definition) is 0. The molecule has 1 aromatic carbocycles. The molecule has 1 aliphatic heterocycles. The Morgan fingerprint density at radius 2 is 2.00 bits per heavy atom. The van der Waals surface area contributed by atoms with Crippen molar-refractivity contribution in [3.63, 3.8) is 0 Å². The monoisotopic (exact) mass is 311 g/mol. The van der Waals surface area contributed by atoms with Crippen LogP contribution in [0.3, 0.4) is 0 Å². The van der Waals surface area contributed by atoms with Crippen molar-refractivity contribution >= 4 is 5.91 Å². The molecule has 5 heteroatoms. The van der Waals surface area contributed by atoms with Crippen LogP contribution in [0.1, 0.15) is 35.0 Å². The summed E-state index contributed by atoms with van der Waals surface area (Å²) in [7, 11) is 1.88. The van der Waals surface area contributed by atoms with Gasteiger partial charge in [-0.3, -0.25) is 4.79 Å². The normalized spacial score (nSPS) is 24.7. The Balaban J connectivity index is 1.57. The molecule has 4 rings (SSSR count). The third kappa shape index (κ3) is 3.01. The summed E-state index contributed by atoms with van der Waals surface area (Å²) in [5, 5.41) is 0. The molecule has 0 unspecified atom stereocenters. The second-order valence-electron chi connectivity index (χ2n) is 6.55. The summed E-state index contributed by atoms with van der Waals surface area (Å²) in [5.74, 6) is 0.598. The van der Waals surface area contributed by atoms with Gasteiger partial charge in [-0.25, -0.2) is 4.98 Å². The second-order valence-corrected chi connectivity index (χ2v) is 6.55. The zero-order chi connectivity index (χ0) is 15.8. The number of aromatic nitrogens is 2. The minimum Gasteiger partial charge on any atom is -0.366 e. The molecule has 2 fully saturated rings. The summed E-state index contributed by atoms with van der Waals surface area (Å²) < 4.78 is 8.10. The van der Waals surface area contributed by atoms with Crippen molar-refractivity contribution in [1.82, 2.24) is 14.5 Å². The van der Waals surface area contributed by atoms with E-state index in [4.69, 9.17) is 4.74 Å². The Morgan fingerprint density at radius 1 is 1.22 bits per heavy atom. The lowest BCUT2D eigenvalue weighted by atomic mass is 10.0. The van der Waals surface area contributed by atoms with Crippen molar-refractivity contribution in [3.05, 3.63) is 54.1 Å². The van der Waals surface area contributed by atoms with Gasteiger partial charge in [-0.05, 0) is 24.3 Å². The van der Waals surface area contributed by atoms with Crippen molar-refractivity contribution in [2.45, 2.75) is 25.0 Å². The fourth-order valence-electron chi connectivity index (χ4n) is 3.22. The average Bonchev–Trinajstić information content (AvgIpc) is 3.36. The first-order chi connectivity index (χ1) is 11.2. The van der Waals surface area contributed by atoms with Crippen LogP contribution in [0.2, 0.25) is 0 Å². The minimum atomic E-state index is -0.0526. The molecule has 0 bridgehead atoms. The summed E-state index contributed by atoms with van der Waals surface area (Å²) in [5.41, 5.74) is 1.65. The van der Waals surface area contributed by atoms with Gasteiger partial charge in [-0.2, -0.15) is 0 Å². The van der Waals surface area contributed by atoms with Gasteiger partial charge in [0, 0.05) is 19.8 Å². The molecular formula is C18H21N3O2. The molecular weight excluding hydrogens is 290 g/mol. The Labute approximate surface area is 135 Å². The van der Waals surface area contributed by atoms with Gasteiger partial charge >= 0.3 is 0 Å². The number of ether oxygens (including phenoxy) is 1. The SMILES string of the molecule is Cn1cnc(C(=O)N2C[C@@H](c3ccccc3)O[C@@H](C3CC3)C2)c1. The first-order valence-corrected chi connectivity index (χ1v) is 8.18. The fourth-order valence-corrected chi connectivity index (χ4v) is 3.22. The molecule has 2 aromatic rings. The number of morpholine rings is 1. The summed E-state index contributed by atoms with van der Waals surface area (Å²) in [6.07, 6.45) is 5.95. The van der Waals surface area contributed by atoms with Gasteiger partial charge in [0.05, 0.1) is 19.0 Å². The van der Waals surface area contributed by atoms with E-state index in [-0.39, 0.29) is 18.1 Å². The van der Waals surface area contributed by atoms with Gasteiger partial charge in [0.1, 0.15) is 11.8 Å². The number of amides is 1. The van der Waals surface area contributed by atoms with Gasteiger partial charge in [0.25, 0.3) is 5.91 Å². The van der Waals surface area contributed by atoms with Gasteiger partial charge in [0.2, 0.25) is 0 Å². The van der Waals surface area contributed by atoms with E-state index in [0.717, 1.165) is 5.56 Å². The number of aryl methyl sites for hydroxylation is 1. The van der Waals surface area contributed by atoms with Crippen molar-refractivity contribution in [1.29, 1.82) is 0 Å². The predicted octanol–water partition coefficient (Wildman–Crippen LogP) is 2.41. The number of carbonyl (C=O) groups is 1. The van der Waals surface area contributed by atoms with E-state index in [1.807, 2.05) is 30.1 Å². The first kappa shape index (κ1) is 14.5. The van der Waals surface area contributed by atoms with Crippen molar-refractivity contribution in [2.75, 3.05) is 13.1 Å². The Kier molecular flexibility index (Phi) is 3.65. The molecule has 1 aromatic heterocycles. The molecule has 5 nitrogen and oxygen atoms in total. The Hall–Kier alpha value is -2.14. The van der Waals surface area contributed by atoms with Crippen LogP contribution in [0.25, 0.3) is 0 Å². The Morgan fingerprint density at radius 3 is 2.65 bits per heavy atom. The molecule has 2 aliphatic rings. The number of hydrogen-bond acceptors (Lipinski definition) is 3. The van der Waals surface area contributed by atoms with E-state index in [9.17, 15) is 4.79 Å². The average molecular weight is 311 g/mol. The van der Waals surface area contributed by atoms with E-state index in [1.165, 1.54) is 12.8 Å². The molecule has 0 N–H and O–H groups in total. The highest BCUT2D eigenvalue weighted by atomic mass is 16.5. The predicted molar refractivity (Wildman–Crippen MR) is 85.9 cm³/mol. The number of rotatable bonds is 3. The molecule has 23 heavy (non-hydrogen) atoms. The van der Waals surface area contributed by atoms with Gasteiger partial charge in [-0.15, -0.1) is 0 Å². The van der Waals surface area contributed by atoms with Crippen molar-refractivity contribution in [3.8, 4) is 0 Å². The maximum Gasteiger partial charge on any atom is 0.274 e. The highest BCUT2D eigenvalue weighted by molar-refractivity contribution is 5.92. The summed E-state index contributed by atoms with van der Waals surface area (Å²) in [4.78, 5) is 18.9. The quantitative estimate of drug-likeness (QED) is 0.874. The molecule has 1 aliphatic carbocycles. The van der Waals surface area contributed by atoms with Gasteiger partial charge in [0.15, 0.2) is 0 Å². The van der Waals surface area contributed by atoms with E-state index in [2.05, 4.69) is 17.1 Å². The summed E-state index contributed by atoms with van der Waals surface area (Å²) >= 11 is 0. The largest absolute Gasteiger partial charge is 0.366 e. The molecule has 2 atom stereocenters. The zero-order valence-electron chi connectivity index (χ0n) is 13.3. The molecule has 0 spiro atoms. The zero-order valence-corrected chi connectivity index (χ0v) is 13.3. The highest BCUT2D eigenvalue weighted by Crippen LogP contribution is 2.39. The van der Waals surface area contributed by atoms with Crippen LogP contribution in [0.5, 0.6) is 0 Å². The van der Waals surface area contributed by atoms with Gasteiger partial charge < -0.3 is 14.2 Å². The summed E-state index contributed by atoms with van der Waals surface area (Å²) in [6, 6.07) is 10.2. The van der Waals surface area contributed by atoms with Crippen molar-refractivity contribution in [2.24, 2.45) is 13.0 Å². The van der Waals surface area contributed by atoms with E-state index >= 15 is 0 Å². The molecule has 1 amide bonds. The van der Waals surface area contributed by atoms with Gasteiger partial charge in [-0.1, -0.05) is 30.3 Å². The van der Waals surface area contributed by atoms with Crippen molar-refractivity contribution < 1.29 is 9.53 Å². The lowest BCUT2D eigenvalue weighted by molar-refractivity contribution is -0.0864. The molecule has 2 heterocycles. The lowest BCUT2D eigenvalue weighted by Crippen LogP contribution is -2.47. The third-order valence-electron chi connectivity index (χ3n) is 4.66. The number of benzene rings is 1. The van der Waals surface area contributed by atoms with Crippen LogP contribution in [0, 0.1) is 5.92 Å². The van der Waals surface area contributed by atoms with Crippen LogP contribution in [0.15, 0.2) is 42.9 Å². The lowest BCUT2D eigenvalue weighted by Gasteiger charge is -2.38. The van der Waals surface area contributed by atoms with Crippen LogP contribution in [-0.2, 0) is 11.8 Å². The molecule has 1 saturated carbocycles. The van der Waals surface area contributed by atoms with Crippen LogP contribution in [0.4, 0.5) is 0 Å². The smallest absolute Gasteiger partial charge is 0.274 e. The Bertz CT molecular complexity index is 693. The van der Waals surface area contributed by atoms with Crippen LogP contribution in [-0.4, -0.2) is 39.6 Å². The highest BCUT2D eigenvalue weighted by Gasteiger charge is 2.40. The number of nitrogens with zero attached hydrogens (tertiary/aromatic N) is 3. The van der Waals surface area contributed by atoms with E-state index in [0.29, 0.717) is 24.7 Å². The first-order valence-electron chi connectivity index (χ1n) is 8.18. The molecule has 0 radical (unpaired) electrons. The van der Waals surface area contributed by atoms with E-state index < -0.39 is 0 Å². The van der Waals surface area contributed by atoms with Crippen LogP contribution < -0.4 is 0 Å². The topological polar surface area (TPSA) is 47.4 Å². The van der Waals surface area contributed by atoms with E-state index in [1.54, 1.807) is 17.1 Å². The minimum absolute atomic E-state index is 0.000445. The fraction of sp³-hybridized carbons (Fsp3) is 0.444. The molecule has 1 saturated heterocycles. The maximum absolute atomic E-state index is 12.8. The number of imidazole rings is 1. The third-order valence-corrected chi connectivity index (χ3v) is 4.66. The number of carbonyl (C=O) groups excluding carboxylic acids is 1. The van der Waals surface area contributed by atoms with Crippen LogP contribution >= 0.6 is 0 Å². The summed E-state index contributed by atoms with van der Waals surface area (Å²) in [6.45, 7) is 1.26. The second kappa shape index (κ2) is 5.81. The molecule has 120 valence electrons.